The van der Waals surface area contributed by atoms with E-state index in [1.54, 1.807) is 4.90 Å². The summed E-state index contributed by atoms with van der Waals surface area (Å²) in [6.45, 7) is 5.54. The number of hydrogen-bond donors (Lipinski definition) is 1. The van der Waals surface area contributed by atoms with Gasteiger partial charge in [0.1, 0.15) is 11.6 Å². The van der Waals surface area contributed by atoms with Crippen molar-refractivity contribution in [2.24, 2.45) is 0 Å². The zero-order chi connectivity index (χ0) is 15.2. The number of anilines is 1. The largest absolute Gasteiger partial charge is 0.360 e. The van der Waals surface area contributed by atoms with Crippen molar-refractivity contribution in [3.63, 3.8) is 0 Å². The number of carbonyl (C=O) groups is 1. The molecule has 1 fully saturated rings. The van der Waals surface area contributed by atoms with E-state index in [0.717, 1.165) is 43.6 Å². The van der Waals surface area contributed by atoms with Crippen LogP contribution in [0.3, 0.4) is 0 Å². The molecule has 2 rings (SSSR count). The Balaban J connectivity index is 2.09. The summed E-state index contributed by atoms with van der Waals surface area (Å²) in [5, 5.41) is 12.3. The highest BCUT2D eigenvalue weighted by Gasteiger charge is 2.20. The van der Waals surface area contributed by atoms with Gasteiger partial charge in [0.2, 0.25) is 0 Å². The molecule has 0 atom stereocenters. The van der Waals surface area contributed by atoms with Gasteiger partial charge >= 0.3 is 0 Å². The summed E-state index contributed by atoms with van der Waals surface area (Å²) in [6, 6.07) is 8.03. The molecule has 110 valence electrons. The molecule has 1 aliphatic heterocycles. The highest BCUT2D eigenvalue weighted by Crippen LogP contribution is 2.17. The smallest absolute Gasteiger partial charge is 0.266 e. The minimum absolute atomic E-state index is 0.164. The van der Waals surface area contributed by atoms with Crippen molar-refractivity contribution in [3.05, 3.63) is 41.1 Å². The SMILES string of the molecule is Cc1ccc(N/C=C(/C#N)C(=O)N2CCCCC2)c(C)c1. The summed E-state index contributed by atoms with van der Waals surface area (Å²) < 4.78 is 0. The maximum atomic E-state index is 12.3. The summed E-state index contributed by atoms with van der Waals surface area (Å²) in [7, 11) is 0. The van der Waals surface area contributed by atoms with E-state index < -0.39 is 0 Å². The second-order valence-electron chi connectivity index (χ2n) is 5.49. The topological polar surface area (TPSA) is 56.1 Å². The zero-order valence-electron chi connectivity index (χ0n) is 12.6. The number of aryl methyl sites for hydroxylation is 2. The van der Waals surface area contributed by atoms with Crippen LogP contribution in [-0.4, -0.2) is 23.9 Å². The van der Waals surface area contributed by atoms with E-state index in [0.29, 0.717) is 0 Å². The van der Waals surface area contributed by atoms with Gasteiger partial charge in [-0.2, -0.15) is 5.26 Å². The summed E-state index contributed by atoms with van der Waals surface area (Å²) in [5.74, 6) is -0.172. The molecule has 4 heteroatoms. The van der Waals surface area contributed by atoms with Crippen molar-refractivity contribution in [2.75, 3.05) is 18.4 Å². The van der Waals surface area contributed by atoms with Gasteiger partial charge in [-0.25, -0.2) is 0 Å². The van der Waals surface area contributed by atoms with Gasteiger partial charge in [-0.3, -0.25) is 4.79 Å². The van der Waals surface area contributed by atoms with Crippen LogP contribution in [-0.2, 0) is 4.79 Å². The molecule has 1 saturated heterocycles. The van der Waals surface area contributed by atoms with E-state index in [1.165, 1.54) is 11.8 Å². The minimum atomic E-state index is -0.172. The third-order valence-corrected chi connectivity index (χ3v) is 3.75. The molecule has 0 unspecified atom stereocenters. The summed E-state index contributed by atoms with van der Waals surface area (Å²) in [5.41, 5.74) is 3.36. The second-order valence-corrected chi connectivity index (χ2v) is 5.49. The van der Waals surface area contributed by atoms with Crippen molar-refractivity contribution in [1.82, 2.24) is 4.90 Å². The van der Waals surface area contributed by atoms with Gasteiger partial charge in [-0.15, -0.1) is 0 Å². The van der Waals surface area contributed by atoms with Crippen LogP contribution in [0.4, 0.5) is 5.69 Å². The van der Waals surface area contributed by atoms with Gasteiger partial charge in [0.15, 0.2) is 0 Å². The lowest BCUT2D eigenvalue weighted by Crippen LogP contribution is -2.36. The molecule has 1 N–H and O–H groups in total. The van der Waals surface area contributed by atoms with E-state index in [-0.39, 0.29) is 11.5 Å². The Morgan fingerprint density at radius 1 is 1.29 bits per heavy atom. The van der Waals surface area contributed by atoms with Gasteiger partial charge in [-0.05, 0) is 44.7 Å². The molecular weight excluding hydrogens is 262 g/mol. The molecule has 4 nitrogen and oxygen atoms in total. The van der Waals surface area contributed by atoms with Crippen LogP contribution in [0.1, 0.15) is 30.4 Å². The van der Waals surface area contributed by atoms with Crippen molar-refractivity contribution in [2.45, 2.75) is 33.1 Å². The molecule has 0 bridgehead atoms. The van der Waals surface area contributed by atoms with Crippen LogP contribution < -0.4 is 5.32 Å². The van der Waals surface area contributed by atoms with Crippen LogP contribution in [0.5, 0.6) is 0 Å². The highest BCUT2D eigenvalue weighted by atomic mass is 16.2. The minimum Gasteiger partial charge on any atom is -0.360 e. The molecule has 1 amide bonds. The monoisotopic (exact) mass is 283 g/mol. The van der Waals surface area contributed by atoms with Gasteiger partial charge in [0.05, 0.1) is 0 Å². The molecule has 1 aromatic rings. The van der Waals surface area contributed by atoms with E-state index in [1.807, 2.05) is 32.0 Å². The number of carbonyl (C=O) groups excluding carboxylic acids is 1. The van der Waals surface area contributed by atoms with Crippen molar-refractivity contribution in [1.29, 1.82) is 5.26 Å². The van der Waals surface area contributed by atoms with Crippen LogP contribution >= 0.6 is 0 Å². The standard InChI is InChI=1S/C17H21N3O/c1-13-6-7-16(14(2)10-13)19-12-15(11-18)17(21)20-8-4-3-5-9-20/h6-7,10,12,19H,3-5,8-9H2,1-2H3/b15-12-. The number of rotatable bonds is 3. The fourth-order valence-electron chi connectivity index (χ4n) is 2.53. The number of amides is 1. The lowest BCUT2D eigenvalue weighted by Gasteiger charge is -2.26. The summed E-state index contributed by atoms with van der Waals surface area (Å²) in [4.78, 5) is 14.1. The Labute approximate surface area is 126 Å². The molecule has 0 aromatic heterocycles. The summed E-state index contributed by atoms with van der Waals surface area (Å²) in [6.07, 6.45) is 4.73. The molecule has 1 heterocycles. The lowest BCUT2D eigenvalue weighted by atomic mass is 10.1. The number of hydrogen-bond acceptors (Lipinski definition) is 3. The van der Waals surface area contributed by atoms with Crippen molar-refractivity contribution in [3.8, 4) is 6.07 Å². The predicted molar refractivity (Wildman–Crippen MR) is 83.7 cm³/mol. The Bertz CT molecular complexity index is 593. The van der Waals surface area contributed by atoms with Crippen molar-refractivity contribution >= 4 is 11.6 Å². The van der Waals surface area contributed by atoms with E-state index in [9.17, 15) is 10.1 Å². The van der Waals surface area contributed by atoms with Crippen molar-refractivity contribution < 1.29 is 4.79 Å². The Kier molecular flexibility index (Phi) is 4.99. The normalized spacial score (nSPS) is 15.5. The van der Waals surface area contributed by atoms with Crippen LogP contribution in [0.2, 0.25) is 0 Å². The Morgan fingerprint density at radius 2 is 2.00 bits per heavy atom. The second kappa shape index (κ2) is 6.94. The molecule has 0 aliphatic carbocycles. The fraction of sp³-hybridized carbons (Fsp3) is 0.412. The third-order valence-electron chi connectivity index (χ3n) is 3.75. The first-order chi connectivity index (χ1) is 10.1. The number of nitriles is 1. The van der Waals surface area contributed by atoms with Gasteiger partial charge in [0, 0.05) is 25.0 Å². The van der Waals surface area contributed by atoms with Gasteiger partial charge < -0.3 is 10.2 Å². The van der Waals surface area contributed by atoms with Crippen LogP contribution in [0.25, 0.3) is 0 Å². The van der Waals surface area contributed by atoms with Gasteiger partial charge in [0.25, 0.3) is 5.91 Å². The number of piperidine rings is 1. The lowest BCUT2D eigenvalue weighted by molar-refractivity contribution is -0.127. The average Bonchev–Trinajstić information content (AvgIpc) is 2.50. The van der Waals surface area contributed by atoms with Crippen LogP contribution in [0.15, 0.2) is 30.0 Å². The number of nitrogens with one attached hydrogen (secondary N) is 1. The number of nitrogens with zero attached hydrogens (tertiary/aromatic N) is 2. The molecule has 0 spiro atoms. The predicted octanol–water partition coefficient (Wildman–Crippen LogP) is 3.14. The Morgan fingerprint density at radius 3 is 2.62 bits per heavy atom. The first kappa shape index (κ1) is 15.1. The number of likely N-dealkylation sites (tertiary alicyclic amines) is 1. The number of benzene rings is 1. The Hall–Kier alpha value is -2.28. The third kappa shape index (κ3) is 3.85. The average molecular weight is 283 g/mol. The highest BCUT2D eigenvalue weighted by molar-refractivity contribution is 5.97. The zero-order valence-corrected chi connectivity index (χ0v) is 12.6. The molecule has 1 aromatic carbocycles. The first-order valence-electron chi connectivity index (χ1n) is 7.35. The van der Waals surface area contributed by atoms with Gasteiger partial charge in [-0.1, -0.05) is 17.7 Å². The fourth-order valence-corrected chi connectivity index (χ4v) is 2.53. The summed E-state index contributed by atoms with van der Waals surface area (Å²) >= 11 is 0. The van der Waals surface area contributed by atoms with E-state index in [2.05, 4.69) is 11.4 Å². The van der Waals surface area contributed by atoms with E-state index >= 15 is 0 Å². The maximum Gasteiger partial charge on any atom is 0.266 e. The molecule has 1 aliphatic rings. The van der Waals surface area contributed by atoms with E-state index in [4.69, 9.17) is 0 Å². The van der Waals surface area contributed by atoms with Crippen LogP contribution in [0, 0.1) is 25.2 Å². The molecule has 0 radical (unpaired) electrons. The first-order valence-corrected chi connectivity index (χ1v) is 7.35. The maximum absolute atomic E-state index is 12.3. The quantitative estimate of drug-likeness (QED) is 0.685. The molecule has 21 heavy (non-hydrogen) atoms. The molecule has 0 saturated carbocycles. The molecular formula is C17H21N3O.